The Morgan fingerprint density at radius 3 is 1.08 bits per heavy atom. The maximum absolute atomic E-state index is 8.94. The lowest BCUT2D eigenvalue weighted by Crippen LogP contribution is -1.95. The van der Waals surface area contributed by atoms with Crippen molar-refractivity contribution in [2.75, 3.05) is 0 Å². The minimum atomic E-state index is -0.533. The molecule has 9 rings (SSSR count). The highest BCUT2D eigenvalue weighted by molar-refractivity contribution is 6.24. The topological polar surface area (TPSA) is 0 Å². The van der Waals surface area contributed by atoms with Crippen LogP contribution in [0.3, 0.4) is 0 Å². The molecule has 0 saturated heterocycles. The first kappa shape index (κ1) is 20.8. The Balaban J connectivity index is 1.44. The molecule has 0 heteroatoms. The zero-order valence-corrected chi connectivity index (χ0v) is 26.9. The third-order valence-electron chi connectivity index (χ3n) is 9.21. The molecule has 0 unspecified atom stereocenters. The van der Waals surface area contributed by atoms with Gasteiger partial charge < -0.3 is 0 Å². The van der Waals surface area contributed by atoms with Gasteiger partial charge in [0.1, 0.15) is 0 Å². The fraction of sp³-hybridized carbons (Fsp3) is 0. The highest BCUT2D eigenvalue weighted by atomic mass is 14.2. The molecule has 0 fully saturated rings. The summed E-state index contributed by atoms with van der Waals surface area (Å²) in [7, 11) is 0. The fourth-order valence-electron chi connectivity index (χ4n) is 7.10. The van der Waals surface area contributed by atoms with E-state index >= 15 is 0 Å². The van der Waals surface area contributed by atoms with Crippen LogP contribution in [0.1, 0.15) is 13.7 Å². The van der Waals surface area contributed by atoms with E-state index in [1.807, 2.05) is 72.8 Å². The van der Waals surface area contributed by atoms with Gasteiger partial charge in [-0.15, -0.1) is 0 Å². The van der Waals surface area contributed by atoms with E-state index in [0.29, 0.717) is 5.56 Å². The van der Waals surface area contributed by atoms with Crippen molar-refractivity contribution in [1.29, 1.82) is 0 Å². The minimum Gasteiger partial charge on any atom is -0.0622 e. The Morgan fingerprint density at radius 1 is 0.260 bits per heavy atom. The Kier molecular flexibility index (Phi) is 5.34. The van der Waals surface area contributed by atoms with Crippen LogP contribution in [-0.4, -0.2) is 0 Å². The molecule has 0 radical (unpaired) electrons. The van der Waals surface area contributed by atoms with Crippen molar-refractivity contribution >= 4 is 21.5 Å². The molecule has 0 aliphatic carbocycles. The van der Waals surface area contributed by atoms with Gasteiger partial charge in [-0.25, -0.2) is 0 Å². The summed E-state index contributed by atoms with van der Waals surface area (Å²) in [6.45, 7) is 0. The van der Waals surface area contributed by atoms with Crippen LogP contribution in [0.5, 0.6) is 0 Å². The Bertz CT molecular complexity index is 2940. The van der Waals surface area contributed by atoms with Crippen LogP contribution >= 0.6 is 0 Å². The number of rotatable bonds is 6. The molecule has 0 N–H and O–H groups in total. The Morgan fingerprint density at radius 2 is 0.640 bits per heavy atom. The minimum absolute atomic E-state index is 0.0639. The fourth-order valence-corrected chi connectivity index (χ4v) is 7.10. The van der Waals surface area contributed by atoms with Crippen LogP contribution in [0.4, 0.5) is 0 Å². The Hall–Kier alpha value is -6.50. The molecule has 0 saturated carbocycles. The number of fused-ring (bicyclic) bond motifs is 2. The second-order valence-electron chi connectivity index (χ2n) is 12.1. The molecule has 0 atom stereocenters. The summed E-state index contributed by atoms with van der Waals surface area (Å²) >= 11 is 0. The molecular weight excluding hydrogens is 601 g/mol. The summed E-state index contributed by atoms with van der Waals surface area (Å²) in [4.78, 5) is 0. The van der Waals surface area contributed by atoms with Crippen molar-refractivity contribution in [3.8, 4) is 66.8 Å². The number of benzene rings is 9. The monoisotopic (exact) mass is 644 g/mol. The molecule has 50 heavy (non-hydrogen) atoms. The average molecular weight is 645 g/mol. The smallest absolute Gasteiger partial charge is 0.0622 e. The van der Waals surface area contributed by atoms with E-state index in [0.717, 1.165) is 60.5 Å². The highest BCUT2D eigenvalue weighted by Gasteiger charge is 2.22. The number of hydrogen-bond acceptors (Lipinski definition) is 0. The quantitative estimate of drug-likeness (QED) is 0.158. The van der Waals surface area contributed by atoms with E-state index in [-0.39, 0.29) is 22.3 Å². The molecule has 9 aromatic carbocycles. The van der Waals surface area contributed by atoms with Gasteiger partial charge in [-0.3, -0.25) is 0 Å². The van der Waals surface area contributed by atoms with E-state index in [1.165, 1.54) is 0 Å². The van der Waals surface area contributed by atoms with Gasteiger partial charge in [-0.1, -0.05) is 188 Å². The van der Waals surface area contributed by atoms with Gasteiger partial charge in [-0.2, -0.15) is 0 Å². The molecule has 0 aliphatic heterocycles. The molecule has 0 aromatic heterocycles. The van der Waals surface area contributed by atoms with Crippen molar-refractivity contribution in [2.24, 2.45) is 0 Å². The lowest BCUT2D eigenvalue weighted by atomic mass is 9.80. The summed E-state index contributed by atoms with van der Waals surface area (Å²) in [6.07, 6.45) is 0. The van der Waals surface area contributed by atoms with E-state index in [9.17, 15) is 0 Å². The van der Waals surface area contributed by atoms with E-state index in [2.05, 4.69) is 54.6 Å². The second kappa shape index (κ2) is 12.8. The molecular formula is C50H34. The van der Waals surface area contributed by atoms with E-state index in [4.69, 9.17) is 13.7 Å². The highest BCUT2D eigenvalue weighted by Crippen LogP contribution is 2.49. The van der Waals surface area contributed by atoms with Crippen LogP contribution in [-0.2, 0) is 0 Å². The lowest BCUT2D eigenvalue weighted by Gasteiger charge is -2.23. The first-order valence-corrected chi connectivity index (χ1v) is 16.5. The summed E-state index contributed by atoms with van der Waals surface area (Å²) in [5.41, 5.74) is 7.95. The van der Waals surface area contributed by atoms with Crippen molar-refractivity contribution in [3.05, 3.63) is 206 Å². The summed E-state index contributed by atoms with van der Waals surface area (Å²) < 4.78 is 86.4. The predicted molar refractivity (Wildman–Crippen MR) is 214 cm³/mol. The standard InChI is InChI=1S/C50H34/c1-5-18-35(19-6-1)39-32-40(36-20-7-2-8-21-36)34-41(33-39)48-44-26-13-15-28-46(44)50(47-29-16-14-27-45(47)48)49-42(37-22-9-3-10-23-37)30-17-31-43(49)38-24-11-4-12-25-38/h1-34H/i1D,2D,5D,6D,7D,8D,18D,19D,20D,21D. The van der Waals surface area contributed by atoms with Crippen LogP contribution in [0.15, 0.2) is 206 Å². The molecule has 0 amide bonds. The number of hydrogen-bond donors (Lipinski definition) is 0. The SMILES string of the molecule is [2H]c1c([2H])c([2H])c(-c2cc(-c3c([2H])c([2H])c([2H])c([2H])c3[2H])cc(-c3c4ccccc4c(-c4c(-c5ccccc5)cccc4-c4ccccc4)c4ccccc34)c2)c([2H])c1[2H]. The first-order valence-electron chi connectivity index (χ1n) is 21.5. The average Bonchev–Trinajstić information content (AvgIpc) is 3.28. The maximum Gasteiger partial charge on any atom is 0.0629 e. The van der Waals surface area contributed by atoms with Gasteiger partial charge in [0, 0.05) is 0 Å². The third-order valence-corrected chi connectivity index (χ3v) is 9.21. The van der Waals surface area contributed by atoms with Gasteiger partial charge in [-0.05, 0) is 107 Å². The normalized spacial score (nSPS) is 14.0. The van der Waals surface area contributed by atoms with Gasteiger partial charge in [0.05, 0.1) is 13.7 Å². The molecule has 234 valence electrons. The molecule has 0 nitrogen and oxygen atoms in total. The second-order valence-corrected chi connectivity index (χ2v) is 12.1. The van der Waals surface area contributed by atoms with Gasteiger partial charge in [0.2, 0.25) is 0 Å². The molecule has 0 spiro atoms. The van der Waals surface area contributed by atoms with Gasteiger partial charge >= 0.3 is 0 Å². The van der Waals surface area contributed by atoms with Crippen LogP contribution in [0, 0.1) is 0 Å². The molecule has 9 aromatic rings. The largest absolute Gasteiger partial charge is 0.0629 e. The maximum atomic E-state index is 8.94. The van der Waals surface area contributed by atoms with Crippen molar-refractivity contribution in [3.63, 3.8) is 0 Å². The third kappa shape index (κ3) is 5.28. The zero-order chi connectivity index (χ0) is 42.0. The van der Waals surface area contributed by atoms with Crippen molar-refractivity contribution < 1.29 is 13.7 Å². The lowest BCUT2D eigenvalue weighted by molar-refractivity contribution is 1.57. The predicted octanol–water partition coefficient (Wildman–Crippen LogP) is 14.0. The van der Waals surface area contributed by atoms with Crippen LogP contribution < -0.4 is 0 Å². The molecule has 0 aliphatic rings. The summed E-state index contributed by atoms with van der Waals surface area (Å²) in [5.74, 6) is 0. The van der Waals surface area contributed by atoms with E-state index in [1.54, 1.807) is 18.2 Å². The summed E-state index contributed by atoms with van der Waals surface area (Å²) in [6, 6.07) is 43.4. The molecule has 0 heterocycles. The zero-order valence-electron chi connectivity index (χ0n) is 36.9. The van der Waals surface area contributed by atoms with Gasteiger partial charge in [0.15, 0.2) is 0 Å². The van der Waals surface area contributed by atoms with E-state index < -0.39 is 60.4 Å². The summed E-state index contributed by atoms with van der Waals surface area (Å²) in [5, 5.41) is 3.59. The van der Waals surface area contributed by atoms with Crippen LogP contribution in [0.25, 0.3) is 88.3 Å². The van der Waals surface area contributed by atoms with Crippen LogP contribution in [0.2, 0.25) is 0 Å². The van der Waals surface area contributed by atoms with Crippen molar-refractivity contribution in [1.82, 2.24) is 0 Å². The molecule has 0 bridgehead atoms. The van der Waals surface area contributed by atoms with Gasteiger partial charge in [0.25, 0.3) is 0 Å². The van der Waals surface area contributed by atoms with Crippen molar-refractivity contribution in [2.45, 2.75) is 0 Å². The Labute approximate surface area is 307 Å². The first-order chi connectivity index (χ1) is 29.0.